The minimum absolute atomic E-state index is 0.168. The lowest BCUT2D eigenvalue weighted by molar-refractivity contribution is -0.124. The molecule has 0 bridgehead atoms. The predicted octanol–water partition coefficient (Wildman–Crippen LogP) is 1.68. The number of ether oxygens (including phenoxy) is 1. The second kappa shape index (κ2) is 5.19. The standard InChI is InChI=1S/C15H17N3O2/c16-15(6-9-20-10-7-15)14(19)18-12-5-1-3-11-4-2-8-17-13(11)12/h1-5,8H,6-7,9-10,16H2,(H,18,19). The van der Waals surface area contributed by atoms with Crippen LogP contribution >= 0.6 is 0 Å². The number of benzene rings is 1. The summed E-state index contributed by atoms with van der Waals surface area (Å²) in [5.41, 5.74) is 6.81. The van der Waals surface area contributed by atoms with Gasteiger partial charge in [0.05, 0.1) is 11.2 Å². The molecule has 5 heteroatoms. The molecule has 5 nitrogen and oxygen atoms in total. The minimum Gasteiger partial charge on any atom is -0.381 e. The van der Waals surface area contributed by atoms with Crippen LogP contribution in [0.5, 0.6) is 0 Å². The Kier molecular flexibility index (Phi) is 3.38. The fourth-order valence-corrected chi connectivity index (χ4v) is 2.41. The third kappa shape index (κ3) is 2.37. The molecule has 0 aliphatic carbocycles. The summed E-state index contributed by atoms with van der Waals surface area (Å²) in [5, 5.41) is 3.90. The third-order valence-electron chi connectivity index (χ3n) is 3.72. The highest BCUT2D eigenvalue weighted by molar-refractivity contribution is 6.04. The first kappa shape index (κ1) is 13.0. The molecule has 0 unspecified atom stereocenters. The summed E-state index contributed by atoms with van der Waals surface area (Å²) in [6.45, 7) is 1.05. The summed E-state index contributed by atoms with van der Waals surface area (Å²) in [7, 11) is 0. The molecule has 3 N–H and O–H groups in total. The number of nitrogens with zero attached hydrogens (tertiary/aromatic N) is 1. The number of carbonyl (C=O) groups excluding carboxylic acids is 1. The smallest absolute Gasteiger partial charge is 0.244 e. The van der Waals surface area contributed by atoms with E-state index in [1.807, 2.05) is 30.3 Å². The zero-order valence-corrected chi connectivity index (χ0v) is 11.1. The van der Waals surface area contributed by atoms with Crippen LogP contribution in [-0.2, 0) is 9.53 Å². The second-order valence-electron chi connectivity index (χ2n) is 5.10. The van der Waals surface area contributed by atoms with Crippen LogP contribution in [0.15, 0.2) is 36.5 Å². The fraction of sp³-hybridized carbons (Fsp3) is 0.333. The molecular formula is C15H17N3O2. The van der Waals surface area contributed by atoms with Crippen LogP contribution in [0.25, 0.3) is 10.9 Å². The van der Waals surface area contributed by atoms with Gasteiger partial charge < -0.3 is 15.8 Å². The molecule has 1 fully saturated rings. The van der Waals surface area contributed by atoms with Crippen molar-refractivity contribution in [2.24, 2.45) is 5.73 Å². The molecule has 0 radical (unpaired) electrons. The SMILES string of the molecule is NC1(C(=O)Nc2cccc3cccnc23)CCOCC1. The van der Waals surface area contributed by atoms with Crippen molar-refractivity contribution in [2.45, 2.75) is 18.4 Å². The number of carbonyl (C=O) groups is 1. The van der Waals surface area contributed by atoms with Crippen LogP contribution in [0.4, 0.5) is 5.69 Å². The molecule has 3 rings (SSSR count). The Hall–Kier alpha value is -1.98. The maximum atomic E-state index is 12.4. The van der Waals surface area contributed by atoms with Gasteiger partial charge >= 0.3 is 0 Å². The van der Waals surface area contributed by atoms with E-state index in [1.54, 1.807) is 6.20 Å². The Labute approximate surface area is 117 Å². The molecule has 20 heavy (non-hydrogen) atoms. The number of rotatable bonds is 2. The van der Waals surface area contributed by atoms with Gasteiger partial charge in [-0.25, -0.2) is 0 Å². The second-order valence-corrected chi connectivity index (χ2v) is 5.10. The largest absolute Gasteiger partial charge is 0.381 e. The maximum Gasteiger partial charge on any atom is 0.244 e. The summed E-state index contributed by atoms with van der Waals surface area (Å²) in [5.74, 6) is -0.168. The van der Waals surface area contributed by atoms with Crippen molar-refractivity contribution in [1.82, 2.24) is 4.98 Å². The number of hydrogen-bond donors (Lipinski definition) is 2. The van der Waals surface area contributed by atoms with Crippen LogP contribution in [-0.4, -0.2) is 29.6 Å². The van der Waals surface area contributed by atoms with Crippen molar-refractivity contribution in [3.05, 3.63) is 36.5 Å². The van der Waals surface area contributed by atoms with E-state index in [4.69, 9.17) is 10.5 Å². The quantitative estimate of drug-likeness (QED) is 0.871. The average Bonchev–Trinajstić information content (AvgIpc) is 2.48. The van der Waals surface area contributed by atoms with Gasteiger partial charge in [-0.3, -0.25) is 9.78 Å². The topological polar surface area (TPSA) is 77.2 Å². The molecule has 2 aromatic rings. The molecule has 2 heterocycles. The molecule has 1 saturated heterocycles. The zero-order valence-electron chi connectivity index (χ0n) is 11.1. The van der Waals surface area contributed by atoms with E-state index in [1.165, 1.54) is 0 Å². The third-order valence-corrected chi connectivity index (χ3v) is 3.72. The summed E-state index contributed by atoms with van der Waals surface area (Å²) < 4.78 is 5.26. The molecular weight excluding hydrogens is 254 g/mol. The highest BCUT2D eigenvalue weighted by Gasteiger charge is 2.36. The van der Waals surface area contributed by atoms with E-state index in [2.05, 4.69) is 10.3 Å². The molecule has 0 atom stereocenters. The number of para-hydroxylation sites is 1. The number of nitrogens with two attached hydrogens (primary N) is 1. The number of pyridine rings is 1. The van der Waals surface area contributed by atoms with Crippen LogP contribution in [0.1, 0.15) is 12.8 Å². The first-order valence-corrected chi connectivity index (χ1v) is 6.71. The van der Waals surface area contributed by atoms with Gasteiger partial charge in [-0.15, -0.1) is 0 Å². The van der Waals surface area contributed by atoms with E-state index < -0.39 is 5.54 Å². The summed E-state index contributed by atoms with van der Waals surface area (Å²) >= 11 is 0. The van der Waals surface area contributed by atoms with Crippen molar-refractivity contribution in [3.63, 3.8) is 0 Å². The molecule has 1 aliphatic heterocycles. The number of anilines is 1. The lowest BCUT2D eigenvalue weighted by Crippen LogP contribution is -2.54. The van der Waals surface area contributed by atoms with Gasteiger partial charge in [0.25, 0.3) is 0 Å². The molecule has 1 amide bonds. The first-order chi connectivity index (χ1) is 9.69. The van der Waals surface area contributed by atoms with Crippen molar-refractivity contribution in [2.75, 3.05) is 18.5 Å². The van der Waals surface area contributed by atoms with Crippen molar-refractivity contribution < 1.29 is 9.53 Å². The molecule has 1 aliphatic rings. The van der Waals surface area contributed by atoms with Crippen molar-refractivity contribution in [3.8, 4) is 0 Å². The first-order valence-electron chi connectivity index (χ1n) is 6.71. The van der Waals surface area contributed by atoms with E-state index in [0.29, 0.717) is 31.7 Å². The normalized spacial score (nSPS) is 17.9. The molecule has 1 aromatic heterocycles. The van der Waals surface area contributed by atoms with Crippen LogP contribution in [0, 0.1) is 0 Å². The molecule has 0 saturated carbocycles. The Balaban J connectivity index is 1.87. The van der Waals surface area contributed by atoms with E-state index in [0.717, 1.165) is 10.9 Å². The lowest BCUT2D eigenvalue weighted by Gasteiger charge is -2.31. The maximum absolute atomic E-state index is 12.4. The predicted molar refractivity (Wildman–Crippen MR) is 77.3 cm³/mol. The minimum atomic E-state index is -0.852. The van der Waals surface area contributed by atoms with Gasteiger partial charge in [0.15, 0.2) is 0 Å². The Morgan fingerprint density at radius 2 is 2.00 bits per heavy atom. The van der Waals surface area contributed by atoms with Crippen LogP contribution in [0.2, 0.25) is 0 Å². The Morgan fingerprint density at radius 3 is 2.80 bits per heavy atom. The number of amides is 1. The van der Waals surface area contributed by atoms with Gasteiger partial charge in [-0.05, 0) is 25.0 Å². The number of nitrogens with one attached hydrogen (secondary N) is 1. The van der Waals surface area contributed by atoms with Crippen LogP contribution in [0.3, 0.4) is 0 Å². The van der Waals surface area contributed by atoms with Crippen molar-refractivity contribution in [1.29, 1.82) is 0 Å². The van der Waals surface area contributed by atoms with Gasteiger partial charge in [0, 0.05) is 24.8 Å². The highest BCUT2D eigenvalue weighted by atomic mass is 16.5. The number of aromatic nitrogens is 1. The molecule has 104 valence electrons. The van der Waals surface area contributed by atoms with Gasteiger partial charge in [-0.2, -0.15) is 0 Å². The van der Waals surface area contributed by atoms with Gasteiger partial charge in [-0.1, -0.05) is 18.2 Å². The van der Waals surface area contributed by atoms with E-state index in [9.17, 15) is 4.79 Å². The number of hydrogen-bond acceptors (Lipinski definition) is 4. The Morgan fingerprint density at radius 1 is 1.25 bits per heavy atom. The fourth-order valence-electron chi connectivity index (χ4n) is 2.41. The molecule has 0 spiro atoms. The average molecular weight is 271 g/mol. The Bertz CT molecular complexity index is 631. The van der Waals surface area contributed by atoms with Crippen LogP contribution < -0.4 is 11.1 Å². The van der Waals surface area contributed by atoms with Crippen molar-refractivity contribution >= 4 is 22.5 Å². The summed E-state index contributed by atoms with van der Waals surface area (Å²) in [6.07, 6.45) is 2.79. The van der Waals surface area contributed by atoms with E-state index in [-0.39, 0.29) is 5.91 Å². The zero-order chi connectivity index (χ0) is 14.0. The van der Waals surface area contributed by atoms with Gasteiger partial charge in [0.1, 0.15) is 5.54 Å². The van der Waals surface area contributed by atoms with Gasteiger partial charge in [0.2, 0.25) is 5.91 Å². The monoisotopic (exact) mass is 271 g/mol. The highest BCUT2D eigenvalue weighted by Crippen LogP contribution is 2.24. The number of fused-ring (bicyclic) bond motifs is 1. The van der Waals surface area contributed by atoms with E-state index >= 15 is 0 Å². The molecule has 1 aromatic carbocycles. The lowest BCUT2D eigenvalue weighted by atomic mass is 9.90. The summed E-state index contributed by atoms with van der Waals surface area (Å²) in [6, 6.07) is 9.54. The summed E-state index contributed by atoms with van der Waals surface area (Å²) in [4.78, 5) is 16.7.